The molecule has 0 spiro atoms. The molecule has 0 unspecified atom stereocenters. The van der Waals surface area contributed by atoms with E-state index in [4.69, 9.17) is 22.1 Å². The van der Waals surface area contributed by atoms with Gasteiger partial charge in [0, 0.05) is 31.7 Å². The number of benzene rings is 2. The number of anilines is 2. The van der Waals surface area contributed by atoms with Crippen LogP contribution in [0.15, 0.2) is 42.5 Å². The quantitative estimate of drug-likeness (QED) is 0.429. The number of hydrogen-bond acceptors (Lipinski definition) is 7. The lowest BCUT2D eigenvalue weighted by atomic mass is 10.1. The van der Waals surface area contributed by atoms with Crippen molar-refractivity contribution in [2.45, 2.75) is 0 Å². The van der Waals surface area contributed by atoms with Crippen molar-refractivity contribution in [3.8, 4) is 16.9 Å². The van der Waals surface area contributed by atoms with E-state index in [0.717, 1.165) is 25.7 Å². The first kappa shape index (κ1) is 22.5. The van der Waals surface area contributed by atoms with Gasteiger partial charge in [-0.15, -0.1) is 5.10 Å². The molecule has 3 N–H and O–H groups in total. The number of hydrogen-bond donors (Lipinski definition) is 2. The highest BCUT2D eigenvalue weighted by Gasteiger charge is 2.23. The Labute approximate surface area is 199 Å². The first-order valence-electron chi connectivity index (χ1n) is 10.8. The standard InChI is InChI=1S/C23H22ClF2N7O/c24-15-5-1-2-7-17(15)33-21(27)18-20(14-4-3-6-16(25)19(14)26)29-23(30-22(18)31-33)28-8-9-32-10-12-34-13-11-32/h1-7H,8-13,27H2,(H,28,30,31). The first-order valence-corrected chi connectivity index (χ1v) is 11.2. The number of para-hydroxylation sites is 1. The second-order valence-electron chi connectivity index (χ2n) is 7.83. The van der Waals surface area contributed by atoms with Gasteiger partial charge in [0.15, 0.2) is 17.3 Å². The Kier molecular flexibility index (Phi) is 6.27. The SMILES string of the molecule is Nc1c2c(-c3cccc(F)c3F)nc(NCCN3CCOCC3)nc2nn1-c1ccccc1Cl. The van der Waals surface area contributed by atoms with Crippen molar-refractivity contribution in [2.24, 2.45) is 0 Å². The molecule has 2 aromatic carbocycles. The summed E-state index contributed by atoms with van der Waals surface area (Å²) < 4.78 is 35.7. The van der Waals surface area contributed by atoms with E-state index in [0.29, 0.717) is 35.9 Å². The maximum absolute atomic E-state index is 14.8. The number of morpholine rings is 1. The summed E-state index contributed by atoms with van der Waals surface area (Å²) in [5.41, 5.74) is 7.30. The molecule has 0 bridgehead atoms. The van der Waals surface area contributed by atoms with Gasteiger partial charge in [0.25, 0.3) is 0 Å². The van der Waals surface area contributed by atoms with E-state index in [1.807, 2.05) is 0 Å². The van der Waals surface area contributed by atoms with Gasteiger partial charge in [0.05, 0.1) is 35.0 Å². The highest BCUT2D eigenvalue weighted by atomic mass is 35.5. The molecule has 0 atom stereocenters. The number of aromatic nitrogens is 4. The molecule has 4 aromatic rings. The minimum Gasteiger partial charge on any atom is -0.383 e. The van der Waals surface area contributed by atoms with Crippen LogP contribution in [0.4, 0.5) is 20.5 Å². The van der Waals surface area contributed by atoms with Crippen molar-refractivity contribution in [1.82, 2.24) is 24.6 Å². The Morgan fingerprint density at radius 1 is 1.06 bits per heavy atom. The minimum atomic E-state index is -1.02. The Balaban J connectivity index is 1.59. The predicted molar refractivity (Wildman–Crippen MR) is 127 cm³/mol. The van der Waals surface area contributed by atoms with Crippen molar-refractivity contribution in [1.29, 1.82) is 0 Å². The van der Waals surface area contributed by atoms with Crippen LogP contribution in [0.25, 0.3) is 28.0 Å². The third-order valence-electron chi connectivity index (χ3n) is 5.67. The molecule has 5 rings (SSSR count). The van der Waals surface area contributed by atoms with Gasteiger partial charge in [0.2, 0.25) is 5.95 Å². The van der Waals surface area contributed by atoms with E-state index < -0.39 is 11.6 Å². The van der Waals surface area contributed by atoms with E-state index in [1.54, 1.807) is 24.3 Å². The second kappa shape index (κ2) is 9.49. The van der Waals surface area contributed by atoms with Crippen LogP contribution in [0.1, 0.15) is 0 Å². The molecule has 1 aliphatic rings. The molecule has 34 heavy (non-hydrogen) atoms. The van der Waals surface area contributed by atoms with Crippen LogP contribution in [0.2, 0.25) is 5.02 Å². The van der Waals surface area contributed by atoms with Crippen LogP contribution in [0.5, 0.6) is 0 Å². The Bertz CT molecular complexity index is 1340. The fraction of sp³-hybridized carbons (Fsp3) is 0.261. The van der Waals surface area contributed by atoms with Crippen LogP contribution in [0, 0.1) is 11.6 Å². The summed E-state index contributed by atoms with van der Waals surface area (Å²) in [6.45, 7) is 4.40. The molecule has 0 aliphatic carbocycles. The number of nitrogens with two attached hydrogens (primary N) is 1. The highest BCUT2D eigenvalue weighted by molar-refractivity contribution is 6.32. The number of rotatable bonds is 6. The Morgan fingerprint density at radius 2 is 1.85 bits per heavy atom. The highest BCUT2D eigenvalue weighted by Crippen LogP contribution is 2.35. The summed E-state index contributed by atoms with van der Waals surface area (Å²) in [5, 5.41) is 8.42. The maximum atomic E-state index is 14.8. The smallest absolute Gasteiger partial charge is 0.225 e. The first-order chi connectivity index (χ1) is 16.5. The zero-order valence-corrected chi connectivity index (χ0v) is 18.9. The largest absolute Gasteiger partial charge is 0.383 e. The molecule has 0 saturated carbocycles. The van der Waals surface area contributed by atoms with E-state index in [9.17, 15) is 8.78 Å². The van der Waals surface area contributed by atoms with Crippen molar-refractivity contribution >= 4 is 34.4 Å². The summed E-state index contributed by atoms with van der Waals surface area (Å²) in [4.78, 5) is 11.3. The van der Waals surface area contributed by atoms with Crippen LogP contribution in [-0.4, -0.2) is 64.0 Å². The molecule has 1 aliphatic heterocycles. The number of halogens is 3. The molecular weight excluding hydrogens is 464 g/mol. The van der Waals surface area contributed by atoms with Gasteiger partial charge < -0.3 is 15.8 Å². The molecule has 3 heterocycles. The lowest BCUT2D eigenvalue weighted by Crippen LogP contribution is -2.39. The van der Waals surface area contributed by atoms with E-state index in [2.05, 4.69) is 25.3 Å². The summed E-state index contributed by atoms with van der Waals surface area (Å²) in [5.74, 6) is -1.60. The topological polar surface area (TPSA) is 94.1 Å². The third kappa shape index (κ3) is 4.27. The molecular formula is C23H22ClF2N7O. The van der Waals surface area contributed by atoms with Crippen molar-refractivity contribution < 1.29 is 13.5 Å². The number of ether oxygens (including phenoxy) is 1. The van der Waals surface area contributed by atoms with Crippen LogP contribution < -0.4 is 11.1 Å². The van der Waals surface area contributed by atoms with Gasteiger partial charge in [-0.25, -0.2) is 18.4 Å². The molecule has 1 fully saturated rings. The summed E-state index contributed by atoms with van der Waals surface area (Å²) >= 11 is 6.35. The second-order valence-corrected chi connectivity index (χ2v) is 8.23. The summed E-state index contributed by atoms with van der Waals surface area (Å²) in [7, 11) is 0. The third-order valence-corrected chi connectivity index (χ3v) is 5.99. The van der Waals surface area contributed by atoms with Crippen molar-refractivity contribution in [2.75, 3.05) is 50.4 Å². The van der Waals surface area contributed by atoms with E-state index in [-0.39, 0.29) is 28.7 Å². The summed E-state index contributed by atoms with van der Waals surface area (Å²) in [6.07, 6.45) is 0. The molecule has 11 heteroatoms. The zero-order valence-electron chi connectivity index (χ0n) is 18.1. The Morgan fingerprint density at radius 3 is 2.65 bits per heavy atom. The molecule has 2 aromatic heterocycles. The average molecular weight is 486 g/mol. The van der Waals surface area contributed by atoms with Crippen LogP contribution in [0.3, 0.4) is 0 Å². The van der Waals surface area contributed by atoms with Gasteiger partial charge in [0.1, 0.15) is 5.82 Å². The zero-order chi connectivity index (χ0) is 23.7. The van der Waals surface area contributed by atoms with Gasteiger partial charge in [-0.3, -0.25) is 4.90 Å². The lowest BCUT2D eigenvalue weighted by Gasteiger charge is -2.26. The number of fused-ring (bicyclic) bond motifs is 1. The molecule has 8 nitrogen and oxygen atoms in total. The predicted octanol–water partition coefficient (Wildman–Crippen LogP) is 3.74. The molecule has 1 saturated heterocycles. The Hall–Kier alpha value is -3.34. The molecule has 176 valence electrons. The van der Waals surface area contributed by atoms with Gasteiger partial charge in [-0.05, 0) is 24.3 Å². The number of nitrogens with one attached hydrogen (secondary N) is 1. The van der Waals surface area contributed by atoms with Gasteiger partial charge in [-0.1, -0.05) is 29.8 Å². The minimum absolute atomic E-state index is 0.0333. The van der Waals surface area contributed by atoms with Crippen LogP contribution in [-0.2, 0) is 4.74 Å². The fourth-order valence-electron chi connectivity index (χ4n) is 3.93. The normalized spacial score (nSPS) is 14.6. The van der Waals surface area contributed by atoms with E-state index in [1.165, 1.54) is 16.8 Å². The fourth-order valence-corrected chi connectivity index (χ4v) is 4.15. The summed E-state index contributed by atoms with van der Waals surface area (Å²) in [6, 6.07) is 11.0. The molecule has 0 amide bonds. The lowest BCUT2D eigenvalue weighted by molar-refractivity contribution is 0.0398. The van der Waals surface area contributed by atoms with Crippen molar-refractivity contribution in [3.63, 3.8) is 0 Å². The van der Waals surface area contributed by atoms with Crippen molar-refractivity contribution in [3.05, 3.63) is 59.1 Å². The van der Waals surface area contributed by atoms with E-state index >= 15 is 0 Å². The maximum Gasteiger partial charge on any atom is 0.225 e. The average Bonchev–Trinajstić information content (AvgIpc) is 3.17. The van der Waals surface area contributed by atoms with Gasteiger partial charge in [-0.2, -0.15) is 4.98 Å². The number of nitrogens with zero attached hydrogens (tertiary/aromatic N) is 5. The van der Waals surface area contributed by atoms with Gasteiger partial charge >= 0.3 is 0 Å². The molecule has 0 radical (unpaired) electrons. The monoisotopic (exact) mass is 485 g/mol. The van der Waals surface area contributed by atoms with Crippen LogP contribution >= 0.6 is 11.6 Å². The number of nitrogen functional groups attached to an aromatic ring is 1.